The number of benzene rings is 2. The molecule has 0 spiro atoms. The maximum atomic E-state index is 12.8. The molecule has 2 aromatic rings. The summed E-state index contributed by atoms with van der Waals surface area (Å²) in [5, 5.41) is 2.82. The van der Waals surface area contributed by atoms with E-state index in [1.807, 2.05) is 32.0 Å². The summed E-state index contributed by atoms with van der Waals surface area (Å²) in [6.45, 7) is 3.63. The van der Waals surface area contributed by atoms with Gasteiger partial charge in [0.25, 0.3) is 5.91 Å². The molecule has 0 fully saturated rings. The normalized spacial score (nSPS) is 10.3. The van der Waals surface area contributed by atoms with Gasteiger partial charge in [-0.3, -0.25) is 4.79 Å². The molecular formula is C19H20FNO3. The minimum Gasteiger partial charge on any atom is -0.452 e. The number of aryl methyl sites for hydroxylation is 2. The van der Waals surface area contributed by atoms with Gasteiger partial charge < -0.3 is 10.1 Å². The molecule has 0 aliphatic rings. The highest BCUT2D eigenvalue weighted by Crippen LogP contribution is 2.22. The molecule has 4 nitrogen and oxygen atoms in total. The summed E-state index contributed by atoms with van der Waals surface area (Å²) in [4.78, 5) is 23.9. The van der Waals surface area contributed by atoms with Crippen molar-refractivity contribution in [2.75, 3.05) is 11.9 Å². The smallest absolute Gasteiger partial charge is 0.338 e. The van der Waals surface area contributed by atoms with Crippen LogP contribution in [0.15, 0.2) is 42.5 Å². The Balaban J connectivity index is 1.99. The zero-order valence-corrected chi connectivity index (χ0v) is 13.8. The molecule has 1 amide bonds. The second-order valence-corrected chi connectivity index (χ2v) is 5.29. The molecule has 0 saturated heterocycles. The van der Waals surface area contributed by atoms with E-state index < -0.39 is 24.3 Å². The fraction of sp³-hybridized carbons (Fsp3) is 0.263. The first kappa shape index (κ1) is 17.7. The first-order valence-electron chi connectivity index (χ1n) is 7.88. The van der Waals surface area contributed by atoms with Crippen molar-refractivity contribution in [2.24, 2.45) is 0 Å². The lowest BCUT2D eigenvalue weighted by Crippen LogP contribution is -2.22. The third kappa shape index (κ3) is 4.41. The lowest BCUT2D eigenvalue weighted by molar-refractivity contribution is -0.119. The average molecular weight is 329 g/mol. The average Bonchev–Trinajstić information content (AvgIpc) is 2.60. The van der Waals surface area contributed by atoms with Crippen molar-refractivity contribution in [3.05, 3.63) is 65.0 Å². The molecule has 0 radical (unpaired) electrons. The standard InChI is InChI=1S/C19H20FNO3/c1-3-13-6-5-7-14(4-2)18(13)21-17(22)12-24-19(23)15-8-10-16(20)11-9-15/h5-11H,3-4,12H2,1-2H3,(H,21,22). The van der Waals surface area contributed by atoms with Gasteiger partial charge in [-0.2, -0.15) is 0 Å². The molecule has 0 aliphatic heterocycles. The molecule has 0 unspecified atom stereocenters. The summed E-state index contributed by atoms with van der Waals surface area (Å²) in [6, 6.07) is 10.8. The van der Waals surface area contributed by atoms with Crippen molar-refractivity contribution in [1.29, 1.82) is 0 Å². The zero-order valence-electron chi connectivity index (χ0n) is 13.8. The Kier molecular flexibility index (Phi) is 6.07. The topological polar surface area (TPSA) is 55.4 Å². The van der Waals surface area contributed by atoms with E-state index in [9.17, 15) is 14.0 Å². The number of ether oxygens (including phenoxy) is 1. The van der Waals surface area contributed by atoms with E-state index >= 15 is 0 Å². The van der Waals surface area contributed by atoms with Gasteiger partial charge in [-0.25, -0.2) is 9.18 Å². The second-order valence-electron chi connectivity index (χ2n) is 5.29. The first-order chi connectivity index (χ1) is 11.5. The molecule has 1 N–H and O–H groups in total. The van der Waals surface area contributed by atoms with Gasteiger partial charge in [0.05, 0.1) is 5.56 Å². The highest BCUT2D eigenvalue weighted by atomic mass is 19.1. The van der Waals surface area contributed by atoms with Crippen LogP contribution in [0.2, 0.25) is 0 Å². The maximum Gasteiger partial charge on any atom is 0.338 e. The Morgan fingerprint density at radius 1 is 1.00 bits per heavy atom. The summed E-state index contributed by atoms with van der Waals surface area (Å²) in [5.74, 6) is -1.50. The zero-order chi connectivity index (χ0) is 17.5. The molecule has 2 rings (SSSR count). The van der Waals surface area contributed by atoms with Crippen molar-refractivity contribution in [3.63, 3.8) is 0 Å². The predicted molar refractivity (Wildman–Crippen MR) is 90.5 cm³/mol. The van der Waals surface area contributed by atoms with E-state index in [-0.39, 0.29) is 5.56 Å². The molecular weight excluding hydrogens is 309 g/mol. The predicted octanol–water partition coefficient (Wildman–Crippen LogP) is 3.75. The van der Waals surface area contributed by atoms with Gasteiger partial charge in [-0.15, -0.1) is 0 Å². The fourth-order valence-corrected chi connectivity index (χ4v) is 2.38. The van der Waals surface area contributed by atoms with Gasteiger partial charge in [0, 0.05) is 5.69 Å². The maximum absolute atomic E-state index is 12.8. The van der Waals surface area contributed by atoms with Crippen molar-refractivity contribution < 1.29 is 18.7 Å². The van der Waals surface area contributed by atoms with E-state index in [0.29, 0.717) is 0 Å². The highest BCUT2D eigenvalue weighted by Gasteiger charge is 2.13. The summed E-state index contributed by atoms with van der Waals surface area (Å²) in [5.41, 5.74) is 3.05. The van der Waals surface area contributed by atoms with Crippen LogP contribution in [0.3, 0.4) is 0 Å². The molecule has 0 saturated carbocycles. The number of carbonyl (C=O) groups is 2. The van der Waals surface area contributed by atoms with Gasteiger partial charge in [-0.05, 0) is 48.2 Å². The Labute approximate surface area is 140 Å². The monoisotopic (exact) mass is 329 g/mol. The van der Waals surface area contributed by atoms with Gasteiger partial charge in [0.15, 0.2) is 6.61 Å². The molecule has 0 aliphatic carbocycles. The number of esters is 1. The summed E-state index contributed by atoms with van der Waals surface area (Å²) in [7, 11) is 0. The van der Waals surface area contributed by atoms with Gasteiger partial charge in [0.2, 0.25) is 0 Å². The molecule has 0 heterocycles. The van der Waals surface area contributed by atoms with Crippen LogP contribution in [-0.4, -0.2) is 18.5 Å². The Bertz CT molecular complexity index is 704. The Hall–Kier alpha value is -2.69. The largest absolute Gasteiger partial charge is 0.452 e. The molecule has 2 aromatic carbocycles. The number of halogens is 1. The number of carbonyl (C=O) groups excluding carboxylic acids is 2. The van der Waals surface area contributed by atoms with Crippen molar-refractivity contribution in [2.45, 2.75) is 26.7 Å². The number of para-hydroxylation sites is 1. The Morgan fingerprint density at radius 2 is 1.58 bits per heavy atom. The summed E-state index contributed by atoms with van der Waals surface area (Å²) >= 11 is 0. The van der Waals surface area contributed by atoms with Crippen LogP contribution < -0.4 is 5.32 Å². The summed E-state index contributed by atoms with van der Waals surface area (Å²) in [6.07, 6.45) is 1.58. The fourth-order valence-electron chi connectivity index (χ4n) is 2.38. The van der Waals surface area contributed by atoms with Crippen LogP contribution in [-0.2, 0) is 22.4 Å². The van der Waals surface area contributed by atoms with E-state index in [0.717, 1.165) is 29.7 Å². The highest BCUT2D eigenvalue weighted by molar-refractivity contribution is 5.96. The number of nitrogens with one attached hydrogen (secondary N) is 1. The lowest BCUT2D eigenvalue weighted by Gasteiger charge is -2.14. The summed E-state index contributed by atoms with van der Waals surface area (Å²) < 4.78 is 17.8. The number of hydrogen-bond acceptors (Lipinski definition) is 3. The van der Waals surface area contributed by atoms with Crippen LogP contribution in [0.4, 0.5) is 10.1 Å². The molecule has 0 bridgehead atoms. The van der Waals surface area contributed by atoms with E-state index in [2.05, 4.69) is 5.32 Å². The van der Waals surface area contributed by atoms with Crippen LogP contribution in [0.1, 0.15) is 35.3 Å². The van der Waals surface area contributed by atoms with E-state index in [4.69, 9.17) is 4.74 Å². The third-order valence-electron chi connectivity index (χ3n) is 3.68. The van der Waals surface area contributed by atoms with Crippen LogP contribution in [0.5, 0.6) is 0 Å². The SMILES string of the molecule is CCc1cccc(CC)c1NC(=O)COC(=O)c1ccc(F)cc1. The minimum atomic E-state index is -0.662. The molecule has 0 aromatic heterocycles. The molecule has 5 heteroatoms. The van der Waals surface area contributed by atoms with Crippen LogP contribution in [0.25, 0.3) is 0 Å². The van der Waals surface area contributed by atoms with E-state index in [1.165, 1.54) is 24.3 Å². The van der Waals surface area contributed by atoms with Crippen molar-refractivity contribution >= 4 is 17.6 Å². The molecule has 24 heavy (non-hydrogen) atoms. The van der Waals surface area contributed by atoms with Crippen molar-refractivity contribution in [3.8, 4) is 0 Å². The lowest BCUT2D eigenvalue weighted by atomic mass is 10.0. The van der Waals surface area contributed by atoms with Gasteiger partial charge in [-0.1, -0.05) is 32.0 Å². The number of rotatable bonds is 6. The van der Waals surface area contributed by atoms with Crippen molar-refractivity contribution in [1.82, 2.24) is 0 Å². The first-order valence-corrected chi connectivity index (χ1v) is 7.88. The van der Waals surface area contributed by atoms with Gasteiger partial charge >= 0.3 is 5.97 Å². The number of anilines is 1. The van der Waals surface area contributed by atoms with Crippen LogP contribution >= 0.6 is 0 Å². The Morgan fingerprint density at radius 3 is 2.12 bits per heavy atom. The second kappa shape index (κ2) is 8.24. The van der Waals surface area contributed by atoms with E-state index in [1.54, 1.807) is 0 Å². The van der Waals surface area contributed by atoms with Gasteiger partial charge in [0.1, 0.15) is 5.82 Å². The third-order valence-corrected chi connectivity index (χ3v) is 3.68. The number of hydrogen-bond donors (Lipinski definition) is 1. The molecule has 0 atom stereocenters. The number of amides is 1. The minimum absolute atomic E-state index is 0.201. The quantitative estimate of drug-likeness (QED) is 0.821. The van der Waals surface area contributed by atoms with Crippen LogP contribution in [0, 0.1) is 5.82 Å². The molecule has 126 valence electrons.